The standard InChI is InChI=1S/C23H30N2O3/c1-5-25-15-20(28-22-9-7-6-8-21(22)25)14-24(4)23(26)19-12-10-18(11-13-19)16-27-17(2)3/h6-13,17,20H,5,14-16H2,1-4H3/t20-/m1/s1. The van der Waals surface area contributed by atoms with E-state index in [0.717, 1.165) is 30.1 Å². The first-order chi connectivity index (χ1) is 13.5. The number of carbonyl (C=O) groups excluding carboxylic acids is 1. The summed E-state index contributed by atoms with van der Waals surface area (Å²) < 4.78 is 11.8. The van der Waals surface area contributed by atoms with E-state index in [2.05, 4.69) is 17.9 Å². The first kappa shape index (κ1) is 20.2. The van der Waals surface area contributed by atoms with Crippen molar-refractivity contribution in [3.63, 3.8) is 0 Å². The normalized spacial score (nSPS) is 15.9. The SMILES string of the molecule is CCN1C[C@@H](CN(C)C(=O)c2ccc(COC(C)C)cc2)Oc2ccccc21. The van der Waals surface area contributed by atoms with E-state index in [4.69, 9.17) is 9.47 Å². The van der Waals surface area contributed by atoms with Crippen LogP contribution in [0.2, 0.25) is 0 Å². The fourth-order valence-electron chi connectivity index (χ4n) is 3.39. The molecule has 0 spiro atoms. The molecule has 0 saturated heterocycles. The summed E-state index contributed by atoms with van der Waals surface area (Å²) in [6, 6.07) is 15.7. The van der Waals surface area contributed by atoms with Crippen LogP contribution in [0.3, 0.4) is 0 Å². The minimum atomic E-state index is -0.0532. The van der Waals surface area contributed by atoms with Crippen molar-refractivity contribution < 1.29 is 14.3 Å². The van der Waals surface area contributed by atoms with Gasteiger partial charge in [0.15, 0.2) is 0 Å². The molecule has 0 aliphatic carbocycles. The number of carbonyl (C=O) groups is 1. The zero-order valence-corrected chi connectivity index (χ0v) is 17.2. The predicted octanol–water partition coefficient (Wildman–Crippen LogP) is 3.97. The summed E-state index contributed by atoms with van der Waals surface area (Å²) in [6.45, 7) is 8.95. The molecule has 3 rings (SSSR count). The Balaban J connectivity index is 1.61. The Bertz CT molecular complexity index is 789. The average Bonchev–Trinajstić information content (AvgIpc) is 2.71. The largest absolute Gasteiger partial charge is 0.485 e. The van der Waals surface area contributed by atoms with Crippen molar-refractivity contribution in [2.24, 2.45) is 0 Å². The van der Waals surface area contributed by atoms with Gasteiger partial charge in [0.25, 0.3) is 5.91 Å². The Labute approximate surface area is 167 Å². The van der Waals surface area contributed by atoms with E-state index in [0.29, 0.717) is 18.7 Å². The highest BCUT2D eigenvalue weighted by atomic mass is 16.5. The van der Waals surface area contributed by atoms with E-state index in [-0.39, 0.29) is 18.1 Å². The monoisotopic (exact) mass is 382 g/mol. The molecule has 1 aliphatic rings. The summed E-state index contributed by atoms with van der Waals surface area (Å²) in [6.07, 6.45) is 0.137. The molecule has 0 fully saturated rings. The fraction of sp³-hybridized carbons (Fsp3) is 0.435. The number of amides is 1. The van der Waals surface area contributed by atoms with Crippen LogP contribution in [-0.2, 0) is 11.3 Å². The minimum absolute atomic E-state index is 0.00170. The molecule has 5 heteroatoms. The summed E-state index contributed by atoms with van der Waals surface area (Å²) in [5.74, 6) is 0.887. The predicted molar refractivity (Wildman–Crippen MR) is 112 cm³/mol. The highest BCUT2D eigenvalue weighted by molar-refractivity contribution is 5.94. The molecular weight excluding hydrogens is 352 g/mol. The molecule has 28 heavy (non-hydrogen) atoms. The fourth-order valence-corrected chi connectivity index (χ4v) is 3.39. The molecule has 1 heterocycles. The first-order valence-corrected chi connectivity index (χ1v) is 9.94. The van der Waals surface area contributed by atoms with Gasteiger partial charge in [-0.3, -0.25) is 4.79 Å². The van der Waals surface area contributed by atoms with Crippen LogP contribution >= 0.6 is 0 Å². The number of benzene rings is 2. The van der Waals surface area contributed by atoms with E-state index in [1.165, 1.54) is 0 Å². The van der Waals surface area contributed by atoms with Gasteiger partial charge in [0.1, 0.15) is 11.9 Å². The van der Waals surface area contributed by atoms with Gasteiger partial charge in [0.2, 0.25) is 0 Å². The minimum Gasteiger partial charge on any atom is -0.485 e. The summed E-state index contributed by atoms with van der Waals surface area (Å²) in [5, 5.41) is 0. The summed E-state index contributed by atoms with van der Waals surface area (Å²) >= 11 is 0. The zero-order chi connectivity index (χ0) is 20.1. The molecule has 1 aliphatic heterocycles. The van der Waals surface area contributed by atoms with Crippen molar-refractivity contribution >= 4 is 11.6 Å². The Kier molecular flexibility index (Phi) is 6.57. The van der Waals surface area contributed by atoms with E-state index in [1.54, 1.807) is 4.90 Å². The van der Waals surface area contributed by atoms with Gasteiger partial charge in [-0.1, -0.05) is 24.3 Å². The molecule has 5 nitrogen and oxygen atoms in total. The van der Waals surface area contributed by atoms with Crippen molar-refractivity contribution in [3.05, 3.63) is 59.7 Å². The molecule has 0 bridgehead atoms. The summed E-state index contributed by atoms with van der Waals surface area (Å²) in [4.78, 5) is 16.9. The third-order valence-corrected chi connectivity index (χ3v) is 4.91. The Morgan fingerprint density at radius 2 is 1.93 bits per heavy atom. The lowest BCUT2D eigenvalue weighted by Crippen LogP contribution is -2.46. The van der Waals surface area contributed by atoms with Crippen LogP contribution in [0.4, 0.5) is 5.69 Å². The van der Waals surface area contributed by atoms with Gasteiger partial charge >= 0.3 is 0 Å². The third-order valence-electron chi connectivity index (χ3n) is 4.91. The molecule has 0 unspecified atom stereocenters. The van der Waals surface area contributed by atoms with E-state index in [1.807, 2.05) is 63.4 Å². The van der Waals surface area contributed by atoms with E-state index < -0.39 is 0 Å². The number of fused-ring (bicyclic) bond motifs is 1. The van der Waals surface area contributed by atoms with Gasteiger partial charge in [-0.15, -0.1) is 0 Å². The summed E-state index contributed by atoms with van der Waals surface area (Å²) in [7, 11) is 1.83. The van der Waals surface area contributed by atoms with Gasteiger partial charge in [-0.25, -0.2) is 0 Å². The topological polar surface area (TPSA) is 42.0 Å². The maximum absolute atomic E-state index is 12.8. The van der Waals surface area contributed by atoms with Crippen molar-refractivity contribution in [2.45, 2.75) is 39.6 Å². The second-order valence-corrected chi connectivity index (χ2v) is 7.49. The van der Waals surface area contributed by atoms with E-state index >= 15 is 0 Å². The van der Waals surface area contributed by atoms with Crippen LogP contribution in [0.15, 0.2) is 48.5 Å². The Hall–Kier alpha value is -2.53. The Morgan fingerprint density at radius 1 is 1.21 bits per heavy atom. The van der Waals surface area contributed by atoms with Gasteiger partial charge in [0.05, 0.1) is 31.5 Å². The number of anilines is 1. The quantitative estimate of drug-likeness (QED) is 0.727. The van der Waals surface area contributed by atoms with Crippen LogP contribution in [0.25, 0.3) is 0 Å². The molecule has 2 aromatic rings. The number of hydrogen-bond donors (Lipinski definition) is 0. The lowest BCUT2D eigenvalue weighted by Gasteiger charge is -2.37. The molecule has 0 aromatic heterocycles. The van der Waals surface area contributed by atoms with Crippen molar-refractivity contribution in [1.82, 2.24) is 4.90 Å². The highest BCUT2D eigenvalue weighted by Crippen LogP contribution is 2.32. The van der Waals surface area contributed by atoms with Gasteiger partial charge in [0, 0.05) is 19.2 Å². The van der Waals surface area contributed by atoms with Crippen LogP contribution in [-0.4, -0.2) is 49.7 Å². The second kappa shape index (κ2) is 9.11. The molecule has 0 N–H and O–H groups in total. The number of nitrogens with zero attached hydrogens (tertiary/aromatic N) is 2. The molecule has 0 saturated carbocycles. The van der Waals surface area contributed by atoms with Crippen LogP contribution in [0.5, 0.6) is 5.75 Å². The van der Waals surface area contributed by atoms with Gasteiger partial charge in [-0.05, 0) is 50.6 Å². The molecule has 0 radical (unpaired) electrons. The molecule has 150 valence electrons. The van der Waals surface area contributed by atoms with E-state index in [9.17, 15) is 4.79 Å². The number of hydrogen-bond acceptors (Lipinski definition) is 4. The molecule has 2 aromatic carbocycles. The molecule has 1 amide bonds. The maximum Gasteiger partial charge on any atom is 0.253 e. The molecular formula is C23H30N2O3. The van der Waals surface area contributed by atoms with Gasteiger partial charge in [-0.2, -0.15) is 0 Å². The molecule has 1 atom stereocenters. The lowest BCUT2D eigenvalue weighted by molar-refractivity contribution is 0.0655. The maximum atomic E-state index is 12.8. The second-order valence-electron chi connectivity index (χ2n) is 7.49. The van der Waals surface area contributed by atoms with Gasteiger partial charge < -0.3 is 19.3 Å². The number of ether oxygens (including phenoxy) is 2. The highest BCUT2D eigenvalue weighted by Gasteiger charge is 2.26. The van der Waals surface area contributed by atoms with Crippen LogP contribution in [0.1, 0.15) is 36.7 Å². The zero-order valence-electron chi connectivity index (χ0n) is 17.2. The van der Waals surface area contributed by atoms with Crippen molar-refractivity contribution in [1.29, 1.82) is 0 Å². The first-order valence-electron chi connectivity index (χ1n) is 9.94. The van der Waals surface area contributed by atoms with Crippen LogP contribution < -0.4 is 9.64 Å². The lowest BCUT2D eigenvalue weighted by atomic mass is 10.1. The smallest absolute Gasteiger partial charge is 0.253 e. The van der Waals surface area contributed by atoms with Crippen molar-refractivity contribution in [2.75, 3.05) is 31.6 Å². The number of rotatable bonds is 7. The summed E-state index contributed by atoms with van der Waals surface area (Å²) in [5.41, 5.74) is 2.87. The third kappa shape index (κ3) is 4.84. The van der Waals surface area contributed by atoms with Crippen LogP contribution in [0, 0.1) is 0 Å². The van der Waals surface area contributed by atoms with Crippen molar-refractivity contribution in [3.8, 4) is 5.75 Å². The average molecular weight is 383 g/mol. The number of para-hydroxylation sites is 2. The number of likely N-dealkylation sites (N-methyl/N-ethyl adjacent to an activating group) is 2. The Morgan fingerprint density at radius 3 is 2.61 bits per heavy atom.